The van der Waals surface area contributed by atoms with Gasteiger partial charge in [-0.2, -0.15) is 23.7 Å². The van der Waals surface area contributed by atoms with Gasteiger partial charge in [-0.3, -0.25) is 4.79 Å². The number of H-pyrrole nitrogens is 1. The van der Waals surface area contributed by atoms with E-state index in [0.717, 1.165) is 11.9 Å². The second-order valence-electron chi connectivity index (χ2n) is 6.61. The van der Waals surface area contributed by atoms with Crippen molar-refractivity contribution < 1.29 is 18.0 Å². The Morgan fingerprint density at radius 2 is 2.17 bits per heavy atom. The van der Waals surface area contributed by atoms with Gasteiger partial charge in [-0.05, 0) is 24.3 Å². The highest BCUT2D eigenvalue weighted by atomic mass is 19.3. The Bertz CT molecular complexity index is 1210. The molecule has 1 N–H and O–H groups in total. The van der Waals surface area contributed by atoms with Crippen LogP contribution in [0.15, 0.2) is 43.0 Å². The lowest BCUT2D eigenvalue weighted by molar-refractivity contribution is 0.0441. The number of pyridine rings is 1. The van der Waals surface area contributed by atoms with Gasteiger partial charge < -0.3 is 9.88 Å². The number of halogens is 3. The van der Waals surface area contributed by atoms with Gasteiger partial charge in [0.15, 0.2) is 0 Å². The molecule has 5 rings (SSSR count). The number of aromatic nitrogens is 6. The zero-order chi connectivity index (χ0) is 20.1. The maximum atomic E-state index is 14.2. The highest BCUT2D eigenvalue weighted by Crippen LogP contribution is 2.34. The molecule has 1 atom stereocenters. The van der Waals surface area contributed by atoms with Crippen LogP contribution >= 0.6 is 0 Å². The molecule has 1 aliphatic heterocycles. The van der Waals surface area contributed by atoms with Gasteiger partial charge in [-0.25, -0.2) is 13.9 Å². The normalized spacial score (nSPS) is 16.6. The van der Waals surface area contributed by atoms with Crippen molar-refractivity contribution >= 4 is 11.4 Å². The number of rotatable bonds is 3. The third-order valence-corrected chi connectivity index (χ3v) is 5.01. The molecule has 5 heterocycles. The van der Waals surface area contributed by atoms with Crippen molar-refractivity contribution in [3.63, 3.8) is 0 Å². The number of fused-ring (bicyclic) bond motifs is 2. The van der Waals surface area contributed by atoms with E-state index in [9.17, 15) is 18.0 Å². The predicted molar refractivity (Wildman–Crippen MR) is 93.8 cm³/mol. The van der Waals surface area contributed by atoms with E-state index in [1.165, 1.54) is 40.0 Å². The highest BCUT2D eigenvalue weighted by molar-refractivity contribution is 5.93. The molecule has 0 saturated heterocycles. The van der Waals surface area contributed by atoms with Crippen molar-refractivity contribution in [2.45, 2.75) is 19.0 Å². The Morgan fingerprint density at radius 3 is 2.97 bits per heavy atom. The number of nitrogens with zero attached hydrogens (tertiary/aromatic N) is 6. The lowest BCUT2D eigenvalue weighted by Gasteiger charge is -2.33. The lowest BCUT2D eigenvalue weighted by Crippen LogP contribution is -2.41. The van der Waals surface area contributed by atoms with Gasteiger partial charge in [0.25, 0.3) is 5.91 Å². The van der Waals surface area contributed by atoms with Crippen LogP contribution in [0, 0.1) is 5.82 Å². The first kappa shape index (κ1) is 17.5. The van der Waals surface area contributed by atoms with E-state index in [0.29, 0.717) is 22.5 Å². The monoisotopic (exact) mass is 401 g/mol. The molecule has 0 spiro atoms. The Labute approximate surface area is 161 Å². The number of alkyl halides is 2. The van der Waals surface area contributed by atoms with Gasteiger partial charge >= 0.3 is 6.55 Å². The molecule has 0 saturated carbocycles. The summed E-state index contributed by atoms with van der Waals surface area (Å²) in [5.74, 6) is -1.09. The summed E-state index contributed by atoms with van der Waals surface area (Å²) in [6.45, 7) is -2.69. The van der Waals surface area contributed by atoms with Gasteiger partial charge in [0.2, 0.25) is 0 Å². The summed E-state index contributed by atoms with van der Waals surface area (Å²) in [5, 5.41) is 7.94. The summed E-state index contributed by atoms with van der Waals surface area (Å²) in [6, 6.07) is 4.86. The number of nitrogens with one attached hydrogen (secondary N) is 1. The molecule has 1 amide bonds. The van der Waals surface area contributed by atoms with Gasteiger partial charge in [0.1, 0.15) is 23.1 Å². The van der Waals surface area contributed by atoms with E-state index in [1.54, 1.807) is 6.20 Å². The van der Waals surface area contributed by atoms with E-state index >= 15 is 0 Å². The van der Waals surface area contributed by atoms with E-state index < -0.39 is 24.3 Å². The number of carbonyl (C=O) groups excluding carboxylic acids is 1. The van der Waals surface area contributed by atoms with Crippen LogP contribution in [0.3, 0.4) is 0 Å². The Morgan fingerprint density at radius 1 is 1.31 bits per heavy atom. The molecule has 0 fully saturated rings. The van der Waals surface area contributed by atoms with Crippen molar-refractivity contribution in [1.82, 2.24) is 34.3 Å². The second kappa shape index (κ2) is 6.47. The molecule has 148 valence electrons. The predicted octanol–water partition coefficient (Wildman–Crippen LogP) is 2.58. The molecule has 4 aromatic rings. The van der Waals surface area contributed by atoms with E-state index in [-0.39, 0.29) is 17.8 Å². The van der Waals surface area contributed by atoms with Gasteiger partial charge in [-0.15, -0.1) is 0 Å². The molecule has 0 bridgehead atoms. The molecule has 29 heavy (non-hydrogen) atoms. The van der Waals surface area contributed by atoms with Gasteiger partial charge in [-0.1, -0.05) is 0 Å². The fourth-order valence-corrected chi connectivity index (χ4v) is 3.71. The maximum absolute atomic E-state index is 14.2. The minimum atomic E-state index is -2.95. The van der Waals surface area contributed by atoms with Crippen LogP contribution in [0.4, 0.5) is 13.2 Å². The quantitative estimate of drug-likeness (QED) is 0.572. The third kappa shape index (κ3) is 2.69. The first-order valence-corrected chi connectivity index (χ1v) is 8.83. The molecule has 0 aromatic carbocycles. The zero-order valence-electron chi connectivity index (χ0n) is 14.8. The molecular weight excluding hydrogens is 387 g/mol. The van der Waals surface area contributed by atoms with Crippen LogP contribution in [0.25, 0.3) is 5.52 Å². The summed E-state index contributed by atoms with van der Waals surface area (Å²) in [7, 11) is 0. The largest absolute Gasteiger partial charge is 0.348 e. The van der Waals surface area contributed by atoms with Gasteiger partial charge in [0, 0.05) is 31.1 Å². The number of amides is 1. The van der Waals surface area contributed by atoms with Crippen LogP contribution in [0.5, 0.6) is 0 Å². The average Bonchev–Trinajstić information content (AvgIpc) is 3.44. The van der Waals surface area contributed by atoms with E-state index in [2.05, 4.69) is 20.2 Å². The van der Waals surface area contributed by atoms with Gasteiger partial charge in [0.05, 0.1) is 17.7 Å². The minimum absolute atomic E-state index is 0.237. The summed E-state index contributed by atoms with van der Waals surface area (Å²) in [5.41, 5.74) is 1.77. The number of hydrogen-bond donors (Lipinski definition) is 1. The van der Waals surface area contributed by atoms with Crippen molar-refractivity contribution in [2.24, 2.45) is 0 Å². The standard InChI is InChI=1S/C18H14F3N7O/c19-10-2-1-6-27-14(10)8-12(25-27)16-15-11(22-9-23-15)4-7-26(16)17(29)13-3-5-24-28(13)18(20)21/h1-3,5-6,8-9,16,18H,4,7H2,(H,22,23). The van der Waals surface area contributed by atoms with Crippen molar-refractivity contribution in [2.75, 3.05) is 6.54 Å². The molecular formula is C18H14F3N7O. The van der Waals surface area contributed by atoms with Crippen LogP contribution in [0.2, 0.25) is 0 Å². The summed E-state index contributed by atoms with van der Waals surface area (Å²) < 4.78 is 42.4. The zero-order valence-corrected chi connectivity index (χ0v) is 14.8. The van der Waals surface area contributed by atoms with Crippen LogP contribution in [0.1, 0.15) is 40.2 Å². The second-order valence-corrected chi connectivity index (χ2v) is 6.61. The number of imidazole rings is 1. The smallest absolute Gasteiger partial charge is 0.333 e. The maximum Gasteiger partial charge on any atom is 0.333 e. The summed E-state index contributed by atoms with van der Waals surface area (Å²) in [6.07, 6.45) is 4.72. The van der Waals surface area contributed by atoms with Crippen molar-refractivity contribution in [1.29, 1.82) is 0 Å². The van der Waals surface area contributed by atoms with Crippen LogP contribution in [-0.2, 0) is 6.42 Å². The molecule has 0 radical (unpaired) electrons. The first-order valence-electron chi connectivity index (χ1n) is 8.83. The van der Waals surface area contributed by atoms with Crippen LogP contribution in [-0.4, -0.2) is 46.7 Å². The Kier molecular flexibility index (Phi) is 3.89. The number of carbonyl (C=O) groups is 1. The first-order chi connectivity index (χ1) is 14.0. The topological polar surface area (TPSA) is 84.1 Å². The molecule has 11 heteroatoms. The van der Waals surface area contributed by atoms with E-state index in [1.807, 2.05) is 0 Å². The molecule has 1 aliphatic rings. The van der Waals surface area contributed by atoms with Crippen molar-refractivity contribution in [3.05, 3.63) is 71.6 Å². The molecule has 8 nitrogen and oxygen atoms in total. The Balaban J connectivity index is 1.63. The van der Waals surface area contributed by atoms with Crippen molar-refractivity contribution in [3.8, 4) is 0 Å². The highest BCUT2D eigenvalue weighted by Gasteiger charge is 2.37. The van der Waals surface area contributed by atoms with Crippen LogP contribution < -0.4 is 0 Å². The lowest BCUT2D eigenvalue weighted by atomic mass is 9.99. The summed E-state index contributed by atoms with van der Waals surface area (Å²) >= 11 is 0. The van der Waals surface area contributed by atoms with E-state index in [4.69, 9.17) is 0 Å². The SMILES string of the molecule is O=C(c1ccnn1C(F)F)N1CCc2[nH]cnc2C1c1cc2c(F)cccn2n1. The molecule has 4 aromatic heterocycles. The fourth-order valence-electron chi connectivity index (χ4n) is 3.71. The molecule has 0 aliphatic carbocycles. The molecule has 1 unspecified atom stereocenters. The Hall–Kier alpha value is -3.63. The average molecular weight is 401 g/mol. The minimum Gasteiger partial charge on any atom is -0.348 e. The third-order valence-electron chi connectivity index (χ3n) is 5.01. The fraction of sp³-hybridized carbons (Fsp3) is 0.222. The number of aromatic amines is 1. The number of hydrogen-bond acceptors (Lipinski definition) is 4. The summed E-state index contributed by atoms with van der Waals surface area (Å²) in [4.78, 5) is 21.9.